The van der Waals surface area contributed by atoms with Gasteiger partial charge in [0.25, 0.3) is 5.56 Å². The minimum Gasteiger partial charge on any atom is -0.334 e. The molecule has 0 saturated heterocycles. The summed E-state index contributed by atoms with van der Waals surface area (Å²) in [5.41, 5.74) is -1.02. The van der Waals surface area contributed by atoms with Gasteiger partial charge in [0.15, 0.2) is 0 Å². The summed E-state index contributed by atoms with van der Waals surface area (Å²) in [7, 11) is 0. The minimum absolute atomic E-state index is 0.0872. The third-order valence-electron chi connectivity index (χ3n) is 1.89. The number of anilines is 2. The first-order valence-corrected chi connectivity index (χ1v) is 4.85. The molecule has 1 aromatic heterocycles. The average molecular weight is 257 g/mol. The molecular weight excluding hydrogens is 251 g/mol. The molecule has 0 atom stereocenters. The van der Waals surface area contributed by atoms with Crippen LogP contribution >= 0.6 is 11.6 Å². The number of hydrogen-bond acceptors (Lipinski definition) is 4. The maximum atomic E-state index is 12.9. The Morgan fingerprint density at radius 3 is 2.76 bits per heavy atom. The lowest BCUT2D eigenvalue weighted by Crippen LogP contribution is -2.25. The highest BCUT2D eigenvalue weighted by Crippen LogP contribution is 2.20. The van der Waals surface area contributed by atoms with E-state index in [2.05, 4.69) is 15.5 Å². The Hall–Kier alpha value is -2.15. The molecule has 8 heteroatoms. The molecule has 0 aliphatic heterocycles. The van der Waals surface area contributed by atoms with Gasteiger partial charge in [0.1, 0.15) is 5.82 Å². The molecule has 2 aromatic rings. The molecule has 88 valence electrons. The quantitative estimate of drug-likeness (QED) is 0.747. The Kier molecular flexibility index (Phi) is 2.92. The second-order valence-electron chi connectivity index (χ2n) is 3.11. The van der Waals surface area contributed by atoms with Gasteiger partial charge < -0.3 is 5.32 Å². The summed E-state index contributed by atoms with van der Waals surface area (Å²) in [5, 5.41) is 8.06. The summed E-state index contributed by atoms with van der Waals surface area (Å²) in [4.78, 5) is 24.0. The van der Waals surface area contributed by atoms with E-state index < -0.39 is 17.1 Å². The summed E-state index contributed by atoms with van der Waals surface area (Å²) in [5.74, 6) is -0.687. The molecule has 0 radical (unpaired) electrons. The van der Waals surface area contributed by atoms with Crippen molar-refractivity contribution in [1.29, 1.82) is 0 Å². The fourth-order valence-electron chi connectivity index (χ4n) is 1.14. The van der Waals surface area contributed by atoms with Crippen molar-refractivity contribution >= 4 is 23.1 Å². The number of aromatic amines is 2. The first kappa shape index (κ1) is 11.3. The fourth-order valence-corrected chi connectivity index (χ4v) is 1.32. The van der Waals surface area contributed by atoms with Crippen LogP contribution in [0, 0.1) is 5.82 Å². The molecule has 0 saturated carbocycles. The van der Waals surface area contributed by atoms with Crippen molar-refractivity contribution in [2.24, 2.45) is 0 Å². The van der Waals surface area contributed by atoms with E-state index in [0.29, 0.717) is 5.69 Å². The van der Waals surface area contributed by atoms with Gasteiger partial charge in [-0.05, 0) is 18.2 Å². The molecule has 0 aliphatic rings. The van der Waals surface area contributed by atoms with Gasteiger partial charge in [-0.2, -0.15) is 0 Å². The van der Waals surface area contributed by atoms with Crippen LogP contribution in [0.25, 0.3) is 0 Å². The Morgan fingerprint density at radius 1 is 1.35 bits per heavy atom. The average Bonchev–Trinajstić information content (AvgIpc) is 2.27. The van der Waals surface area contributed by atoms with Gasteiger partial charge in [-0.25, -0.2) is 14.3 Å². The summed E-state index contributed by atoms with van der Waals surface area (Å²) in [6.45, 7) is 0. The van der Waals surface area contributed by atoms with E-state index in [9.17, 15) is 14.0 Å². The number of rotatable bonds is 2. The molecule has 1 aromatic carbocycles. The Balaban J connectivity index is 2.35. The highest BCUT2D eigenvalue weighted by Gasteiger charge is 2.05. The molecule has 0 unspecified atom stereocenters. The summed E-state index contributed by atoms with van der Waals surface area (Å²) in [6.07, 6.45) is 0. The molecule has 17 heavy (non-hydrogen) atoms. The van der Waals surface area contributed by atoms with Gasteiger partial charge in [0.05, 0.1) is 5.02 Å². The van der Waals surface area contributed by atoms with Crippen molar-refractivity contribution in [2.45, 2.75) is 0 Å². The Morgan fingerprint density at radius 2 is 2.12 bits per heavy atom. The number of hydrogen-bond donors (Lipinski definition) is 3. The Labute approximate surface area is 98.5 Å². The van der Waals surface area contributed by atoms with E-state index in [4.69, 9.17) is 11.6 Å². The van der Waals surface area contributed by atoms with E-state index in [1.807, 2.05) is 4.98 Å². The highest BCUT2D eigenvalue weighted by atomic mass is 35.5. The minimum atomic E-state index is -0.710. The molecule has 0 spiro atoms. The Bertz CT molecular complexity index is 667. The number of halogens is 2. The zero-order chi connectivity index (χ0) is 12.4. The van der Waals surface area contributed by atoms with E-state index in [1.54, 1.807) is 0 Å². The standard InChI is InChI=1S/C9H6ClFN4O2/c10-5-3-4(1-2-6(5)11)12-7-8(16)13-9(17)15-14-7/h1-3H,(H,12,14)(H2,13,15,16,17). The summed E-state index contributed by atoms with van der Waals surface area (Å²) in [6, 6.07) is 3.82. The van der Waals surface area contributed by atoms with Gasteiger partial charge in [-0.3, -0.25) is 9.78 Å². The maximum absolute atomic E-state index is 12.9. The van der Waals surface area contributed by atoms with Crippen LogP contribution < -0.4 is 16.6 Å². The van der Waals surface area contributed by atoms with Crippen molar-refractivity contribution in [3.8, 4) is 0 Å². The molecule has 1 heterocycles. The zero-order valence-electron chi connectivity index (χ0n) is 8.25. The number of nitrogens with one attached hydrogen (secondary N) is 3. The molecular formula is C9H6ClFN4O2. The number of nitrogens with zero attached hydrogens (tertiary/aromatic N) is 1. The molecule has 6 nitrogen and oxygen atoms in total. The molecule has 0 aliphatic carbocycles. The van der Waals surface area contributed by atoms with Crippen molar-refractivity contribution < 1.29 is 4.39 Å². The van der Waals surface area contributed by atoms with Gasteiger partial charge in [0, 0.05) is 5.69 Å². The summed E-state index contributed by atoms with van der Waals surface area (Å²) >= 11 is 5.57. The second kappa shape index (κ2) is 4.38. The van der Waals surface area contributed by atoms with Crippen LogP contribution in [0.4, 0.5) is 15.9 Å². The smallest absolute Gasteiger partial charge is 0.334 e. The predicted octanol–water partition coefficient (Wildman–Crippen LogP) is 0.994. The molecule has 0 fully saturated rings. The lowest BCUT2D eigenvalue weighted by Gasteiger charge is -2.04. The van der Waals surface area contributed by atoms with Crippen LogP contribution in [-0.4, -0.2) is 15.2 Å². The van der Waals surface area contributed by atoms with Gasteiger partial charge in [-0.15, -0.1) is 5.10 Å². The van der Waals surface area contributed by atoms with E-state index in [-0.39, 0.29) is 10.8 Å². The van der Waals surface area contributed by atoms with E-state index in [1.165, 1.54) is 12.1 Å². The monoisotopic (exact) mass is 256 g/mol. The van der Waals surface area contributed by atoms with E-state index in [0.717, 1.165) is 6.07 Å². The zero-order valence-corrected chi connectivity index (χ0v) is 9.01. The largest absolute Gasteiger partial charge is 0.342 e. The van der Waals surface area contributed by atoms with E-state index >= 15 is 0 Å². The topological polar surface area (TPSA) is 90.6 Å². The van der Waals surface area contributed by atoms with Crippen molar-refractivity contribution in [3.63, 3.8) is 0 Å². The molecule has 2 rings (SSSR count). The SMILES string of the molecule is O=c1[nH]nc(Nc2ccc(F)c(Cl)c2)c(=O)[nH]1. The van der Waals surface area contributed by atoms with Crippen LogP contribution in [0.15, 0.2) is 27.8 Å². The van der Waals surface area contributed by atoms with Crippen molar-refractivity contribution in [2.75, 3.05) is 5.32 Å². The van der Waals surface area contributed by atoms with Crippen LogP contribution in [0.1, 0.15) is 0 Å². The molecule has 0 bridgehead atoms. The lowest BCUT2D eigenvalue weighted by atomic mass is 10.3. The summed E-state index contributed by atoms with van der Waals surface area (Å²) < 4.78 is 12.9. The van der Waals surface area contributed by atoms with Crippen LogP contribution in [0.2, 0.25) is 5.02 Å². The third-order valence-corrected chi connectivity index (χ3v) is 2.18. The third kappa shape index (κ3) is 2.51. The van der Waals surface area contributed by atoms with Gasteiger partial charge in [-0.1, -0.05) is 11.6 Å². The van der Waals surface area contributed by atoms with Crippen LogP contribution in [0.3, 0.4) is 0 Å². The molecule has 0 amide bonds. The maximum Gasteiger partial charge on any atom is 0.342 e. The highest BCUT2D eigenvalue weighted by molar-refractivity contribution is 6.31. The molecule has 3 N–H and O–H groups in total. The first-order valence-electron chi connectivity index (χ1n) is 4.47. The van der Waals surface area contributed by atoms with Crippen LogP contribution in [0.5, 0.6) is 0 Å². The fraction of sp³-hybridized carbons (Fsp3) is 0. The lowest BCUT2D eigenvalue weighted by molar-refractivity contribution is 0.628. The predicted molar refractivity (Wildman–Crippen MR) is 60.2 cm³/mol. The van der Waals surface area contributed by atoms with Crippen molar-refractivity contribution in [1.82, 2.24) is 15.2 Å². The van der Waals surface area contributed by atoms with Gasteiger partial charge in [0.2, 0.25) is 5.82 Å². The first-order chi connectivity index (χ1) is 8.06. The normalized spacial score (nSPS) is 10.2. The van der Waals surface area contributed by atoms with Crippen LogP contribution in [-0.2, 0) is 0 Å². The van der Waals surface area contributed by atoms with Gasteiger partial charge >= 0.3 is 5.69 Å². The number of aromatic nitrogens is 3. The second-order valence-corrected chi connectivity index (χ2v) is 3.52. The number of benzene rings is 1. The number of H-pyrrole nitrogens is 2. The van der Waals surface area contributed by atoms with Crippen molar-refractivity contribution in [3.05, 3.63) is 49.9 Å².